The fourth-order valence-electron chi connectivity index (χ4n) is 2.07. The minimum Gasteiger partial charge on any atom is -0.481 e. The van der Waals surface area contributed by atoms with Crippen LogP contribution in [0.2, 0.25) is 0 Å². The van der Waals surface area contributed by atoms with Gasteiger partial charge in [-0.2, -0.15) is 0 Å². The number of rotatable bonds is 2. The second kappa shape index (κ2) is 4.68. The fraction of sp³-hybridized carbons (Fsp3) is 0.333. The quantitative estimate of drug-likeness (QED) is 0.852. The number of halogens is 2. The SMILES string of the molecule is Cc1cc(Br)c(F)cc1N1CCC(C(=O)O)C1=O. The van der Waals surface area contributed by atoms with E-state index >= 15 is 0 Å². The molecule has 1 amide bonds. The van der Waals surface area contributed by atoms with E-state index in [1.165, 1.54) is 11.0 Å². The molecule has 1 aromatic carbocycles. The Morgan fingerprint density at radius 1 is 1.56 bits per heavy atom. The molecular formula is C12H11BrFNO3. The summed E-state index contributed by atoms with van der Waals surface area (Å²) in [7, 11) is 0. The molecule has 18 heavy (non-hydrogen) atoms. The van der Waals surface area contributed by atoms with Crippen molar-refractivity contribution in [2.45, 2.75) is 13.3 Å². The van der Waals surface area contributed by atoms with Gasteiger partial charge in [-0.15, -0.1) is 0 Å². The van der Waals surface area contributed by atoms with E-state index in [4.69, 9.17) is 5.11 Å². The molecule has 0 spiro atoms. The van der Waals surface area contributed by atoms with Gasteiger partial charge in [-0.25, -0.2) is 4.39 Å². The number of hydrogen-bond acceptors (Lipinski definition) is 2. The first-order valence-electron chi connectivity index (χ1n) is 5.41. The molecule has 1 fully saturated rings. The van der Waals surface area contributed by atoms with Crippen LogP contribution in [0.15, 0.2) is 16.6 Å². The third-order valence-electron chi connectivity index (χ3n) is 3.03. The van der Waals surface area contributed by atoms with Crippen LogP contribution in [0.1, 0.15) is 12.0 Å². The Morgan fingerprint density at radius 3 is 2.78 bits per heavy atom. The van der Waals surface area contributed by atoms with E-state index in [1.807, 2.05) is 0 Å². The second-order valence-corrected chi connectivity index (χ2v) is 5.08. The predicted molar refractivity (Wildman–Crippen MR) is 66.9 cm³/mol. The van der Waals surface area contributed by atoms with Crippen LogP contribution in [-0.4, -0.2) is 23.5 Å². The summed E-state index contributed by atoms with van der Waals surface area (Å²) in [6.45, 7) is 2.05. The molecule has 0 bridgehead atoms. The molecular weight excluding hydrogens is 305 g/mol. The zero-order chi connectivity index (χ0) is 13.4. The van der Waals surface area contributed by atoms with E-state index in [-0.39, 0.29) is 6.42 Å². The largest absolute Gasteiger partial charge is 0.481 e. The Labute approximate surface area is 112 Å². The van der Waals surface area contributed by atoms with Crippen LogP contribution < -0.4 is 4.90 Å². The highest BCUT2D eigenvalue weighted by Crippen LogP contribution is 2.31. The Kier molecular flexibility index (Phi) is 3.38. The average molecular weight is 316 g/mol. The first kappa shape index (κ1) is 13.0. The molecule has 6 heteroatoms. The van der Waals surface area contributed by atoms with Crippen LogP contribution in [0.3, 0.4) is 0 Å². The zero-order valence-electron chi connectivity index (χ0n) is 9.61. The van der Waals surface area contributed by atoms with Gasteiger partial charge in [-0.1, -0.05) is 0 Å². The van der Waals surface area contributed by atoms with Gasteiger partial charge in [0.2, 0.25) is 5.91 Å². The summed E-state index contributed by atoms with van der Waals surface area (Å²) in [5, 5.41) is 8.89. The highest BCUT2D eigenvalue weighted by molar-refractivity contribution is 9.10. The van der Waals surface area contributed by atoms with Crippen LogP contribution in [0, 0.1) is 18.7 Å². The van der Waals surface area contributed by atoms with Gasteiger partial charge in [0.05, 0.1) is 4.47 Å². The number of anilines is 1. The summed E-state index contributed by atoms with van der Waals surface area (Å²) in [5.41, 5.74) is 1.16. The highest BCUT2D eigenvalue weighted by Gasteiger charge is 2.38. The van der Waals surface area contributed by atoms with Crippen LogP contribution in [0.4, 0.5) is 10.1 Å². The van der Waals surface area contributed by atoms with Crippen molar-refractivity contribution in [1.29, 1.82) is 0 Å². The maximum Gasteiger partial charge on any atom is 0.316 e. The van der Waals surface area contributed by atoms with Crippen molar-refractivity contribution >= 4 is 33.5 Å². The van der Waals surface area contributed by atoms with Gasteiger partial charge < -0.3 is 10.0 Å². The number of carbonyl (C=O) groups is 2. The van der Waals surface area contributed by atoms with Gasteiger partial charge >= 0.3 is 5.97 Å². The van der Waals surface area contributed by atoms with Crippen molar-refractivity contribution in [3.63, 3.8) is 0 Å². The lowest BCUT2D eigenvalue weighted by molar-refractivity contribution is -0.144. The van der Waals surface area contributed by atoms with E-state index < -0.39 is 23.6 Å². The monoisotopic (exact) mass is 315 g/mol. The summed E-state index contributed by atoms with van der Waals surface area (Å²) in [5.74, 6) is -3.09. The lowest BCUT2D eigenvalue weighted by atomic mass is 10.1. The zero-order valence-corrected chi connectivity index (χ0v) is 11.2. The van der Waals surface area contributed by atoms with Gasteiger partial charge in [0.1, 0.15) is 11.7 Å². The number of carboxylic acid groups (broad SMARTS) is 1. The first-order chi connectivity index (χ1) is 8.41. The molecule has 0 saturated carbocycles. The lowest BCUT2D eigenvalue weighted by Gasteiger charge is -2.19. The third-order valence-corrected chi connectivity index (χ3v) is 3.64. The molecule has 0 radical (unpaired) electrons. The molecule has 2 rings (SSSR count). The van der Waals surface area contributed by atoms with Crippen molar-refractivity contribution in [1.82, 2.24) is 0 Å². The summed E-state index contributed by atoms with van der Waals surface area (Å²) in [6.07, 6.45) is 0.255. The molecule has 1 aliphatic rings. The fourth-order valence-corrected chi connectivity index (χ4v) is 2.53. The number of carbonyl (C=O) groups excluding carboxylic acids is 1. The molecule has 1 saturated heterocycles. The molecule has 1 unspecified atom stereocenters. The maximum atomic E-state index is 13.5. The number of aliphatic carboxylic acids is 1. The molecule has 1 heterocycles. The minimum absolute atomic E-state index is 0.255. The van der Waals surface area contributed by atoms with Gasteiger partial charge in [-0.3, -0.25) is 9.59 Å². The maximum absolute atomic E-state index is 13.5. The summed E-state index contributed by atoms with van der Waals surface area (Å²) >= 11 is 3.07. The third kappa shape index (κ3) is 2.12. The second-order valence-electron chi connectivity index (χ2n) is 4.22. The van der Waals surface area contributed by atoms with Crippen LogP contribution in [0.5, 0.6) is 0 Å². The van der Waals surface area contributed by atoms with E-state index in [2.05, 4.69) is 15.9 Å². The predicted octanol–water partition coefficient (Wildman–Crippen LogP) is 2.33. The lowest BCUT2D eigenvalue weighted by Crippen LogP contribution is -2.30. The molecule has 96 valence electrons. The normalized spacial score (nSPS) is 19.4. The Balaban J connectivity index is 2.37. The number of benzene rings is 1. The van der Waals surface area contributed by atoms with Crippen molar-refractivity contribution in [2.75, 3.05) is 11.4 Å². The number of hydrogen-bond donors (Lipinski definition) is 1. The van der Waals surface area contributed by atoms with Gasteiger partial charge in [0, 0.05) is 12.2 Å². The molecule has 0 aliphatic carbocycles. The van der Waals surface area contributed by atoms with Crippen LogP contribution in [0.25, 0.3) is 0 Å². The van der Waals surface area contributed by atoms with Crippen molar-refractivity contribution in [3.8, 4) is 0 Å². The van der Waals surface area contributed by atoms with Gasteiger partial charge in [0.15, 0.2) is 0 Å². The Morgan fingerprint density at radius 2 is 2.22 bits per heavy atom. The molecule has 4 nitrogen and oxygen atoms in total. The molecule has 1 atom stereocenters. The smallest absolute Gasteiger partial charge is 0.316 e. The number of carboxylic acids is 1. The Bertz CT molecular complexity index is 532. The molecule has 1 aromatic rings. The van der Waals surface area contributed by atoms with E-state index in [1.54, 1.807) is 13.0 Å². The van der Waals surface area contributed by atoms with E-state index in [9.17, 15) is 14.0 Å². The summed E-state index contributed by atoms with van der Waals surface area (Å²) in [4.78, 5) is 24.1. The van der Waals surface area contributed by atoms with Crippen molar-refractivity contribution in [2.24, 2.45) is 5.92 Å². The van der Waals surface area contributed by atoms with Gasteiger partial charge in [-0.05, 0) is 47.0 Å². The number of amides is 1. The molecule has 0 aromatic heterocycles. The number of aryl methyl sites for hydroxylation is 1. The summed E-state index contributed by atoms with van der Waals surface area (Å²) in [6, 6.07) is 2.83. The first-order valence-corrected chi connectivity index (χ1v) is 6.21. The van der Waals surface area contributed by atoms with Crippen LogP contribution in [-0.2, 0) is 9.59 Å². The van der Waals surface area contributed by atoms with E-state index in [0.717, 1.165) is 5.56 Å². The average Bonchev–Trinajstić information content (AvgIpc) is 2.66. The Hall–Kier alpha value is -1.43. The van der Waals surface area contributed by atoms with E-state index in [0.29, 0.717) is 16.7 Å². The van der Waals surface area contributed by atoms with Gasteiger partial charge in [0.25, 0.3) is 0 Å². The topological polar surface area (TPSA) is 57.6 Å². The van der Waals surface area contributed by atoms with Crippen molar-refractivity contribution in [3.05, 3.63) is 28.0 Å². The van der Waals surface area contributed by atoms with Crippen LogP contribution >= 0.6 is 15.9 Å². The highest BCUT2D eigenvalue weighted by atomic mass is 79.9. The summed E-state index contributed by atoms with van der Waals surface area (Å²) < 4.78 is 13.8. The molecule has 1 N–H and O–H groups in total. The molecule has 1 aliphatic heterocycles. The number of nitrogens with zero attached hydrogens (tertiary/aromatic N) is 1. The van der Waals surface area contributed by atoms with Crippen molar-refractivity contribution < 1.29 is 19.1 Å². The minimum atomic E-state index is -1.13. The standard InChI is InChI=1S/C12H11BrFNO3/c1-6-4-8(13)9(14)5-10(6)15-3-2-7(11(15)16)12(17)18/h4-5,7H,2-3H2,1H3,(H,17,18).